The third kappa shape index (κ3) is 5.11. The van der Waals surface area contributed by atoms with Crippen LogP contribution in [0.1, 0.15) is 36.0 Å². The number of nitrogens with one attached hydrogen (secondary N) is 1. The summed E-state index contributed by atoms with van der Waals surface area (Å²) in [6.45, 7) is 2.53. The van der Waals surface area contributed by atoms with E-state index < -0.39 is 0 Å². The van der Waals surface area contributed by atoms with Crippen molar-refractivity contribution in [2.24, 2.45) is 4.99 Å². The first-order chi connectivity index (χ1) is 19.2. The molecule has 0 fully saturated rings. The van der Waals surface area contributed by atoms with E-state index >= 15 is 0 Å². The fraction of sp³-hybridized carbons (Fsp3) is 0.121. The van der Waals surface area contributed by atoms with Crippen LogP contribution in [0.25, 0.3) is 26.6 Å². The molecule has 0 unspecified atom stereocenters. The van der Waals surface area contributed by atoms with Crippen LogP contribution in [0.5, 0.6) is 0 Å². The number of H-pyrrole nitrogens is 1. The van der Waals surface area contributed by atoms with E-state index in [2.05, 4.69) is 53.6 Å². The number of hydrogen-bond donors (Lipinski definition) is 1. The van der Waals surface area contributed by atoms with Gasteiger partial charge < -0.3 is 0 Å². The number of thiazole rings is 1. The van der Waals surface area contributed by atoms with Gasteiger partial charge in [0.2, 0.25) is 5.13 Å². The van der Waals surface area contributed by atoms with Crippen molar-refractivity contribution in [3.63, 3.8) is 0 Å². The number of rotatable bonds is 8. The lowest BCUT2D eigenvalue weighted by atomic mass is 9.88. The van der Waals surface area contributed by atoms with Crippen LogP contribution >= 0.6 is 11.3 Å². The molecule has 1 N–H and O–H groups in total. The second kappa shape index (κ2) is 11.1. The predicted octanol–water partition coefficient (Wildman–Crippen LogP) is 7.47. The number of hydrogen-bond acceptors (Lipinski definition) is 4. The maximum absolute atomic E-state index is 13.8. The van der Waals surface area contributed by atoms with Crippen molar-refractivity contribution >= 4 is 27.3 Å². The number of fused-ring (bicyclic) bond motifs is 1. The molecular weight excluding hydrogens is 500 g/mol. The van der Waals surface area contributed by atoms with Gasteiger partial charge in [-0.05, 0) is 36.6 Å². The van der Waals surface area contributed by atoms with Gasteiger partial charge in [0.25, 0.3) is 5.56 Å². The van der Waals surface area contributed by atoms with Gasteiger partial charge in [-0.3, -0.25) is 14.9 Å². The SMILES string of the molecule is CC(=NCCC(c1ccccc1)c1ccccc1)c1c(-c2ccccc2)[nH]n(-c2nc3ccccc3s2)c1=O. The molecule has 0 aliphatic rings. The molecule has 0 radical (unpaired) electrons. The van der Waals surface area contributed by atoms with Crippen molar-refractivity contribution in [2.75, 3.05) is 6.54 Å². The second-order valence-electron chi connectivity index (χ2n) is 9.46. The lowest BCUT2D eigenvalue weighted by Crippen LogP contribution is -2.19. The average Bonchev–Trinajstić information content (AvgIpc) is 3.57. The van der Waals surface area contributed by atoms with E-state index in [0.717, 1.165) is 33.6 Å². The van der Waals surface area contributed by atoms with E-state index in [9.17, 15) is 4.79 Å². The lowest BCUT2D eigenvalue weighted by Gasteiger charge is -2.17. The third-order valence-corrected chi connectivity index (χ3v) is 7.98. The van der Waals surface area contributed by atoms with Crippen LogP contribution in [0.3, 0.4) is 0 Å². The van der Waals surface area contributed by atoms with E-state index in [1.54, 1.807) is 4.68 Å². The molecule has 6 heteroatoms. The fourth-order valence-electron chi connectivity index (χ4n) is 5.01. The van der Waals surface area contributed by atoms with Crippen molar-refractivity contribution in [2.45, 2.75) is 19.3 Å². The summed E-state index contributed by atoms with van der Waals surface area (Å²) in [6.07, 6.45) is 0.836. The first-order valence-corrected chi connectivity index (χ1v) is 13.9. The summed E-state index contributed by atoms with van der Waals surface area (Å²) in [5, 5.41) is 3.96. The average molecular weight is 529 g/mol. The summed E-state index contributed by atoms with van der Waals surface area (Å²) >= 11 is 1.49. The van der Waals surface area contributed by atoms with Crippen molar-refractivity contribution in [1.82, 2.24) is 14.8 Å². The molecular formula is C33H28N4OS. The largest absolute Gasteiger partial charge is 0.289 e. The molecule has 4 aromatic carbocycles. The topological polar surface area (TPSA) is 63.0 Å². The lowest BCUT2D eigenvalue weighted by molar-refractivity contribution is 0.727. The highest BCUT2D eigenvalue weighted by Crippen LogP contribution is 2.29. The molecule has 2 aromatic heterocycles. The molecule has 0 bridgehead atoms. The van der Waals surface area contributed by atoms with Gasteiger partial charge in [-0.15, -0.1) is 0 Å². The Morgan fingerprint density at radius 1 is 0.846 bits per heavy atom. The quantitative estimate of drug-likeness (QED) is 0.208. The predicted molar refractivity (Wildman–Crippen MR) is 161 cm³/mol. The normalized spacial score (nSPS) is 11.9. The summed E-state index contributed by atoms with van der Waals surface area (Å²) in [5.41, 5.74) is 6.25. The van der Waals surface area contributed by atoms with E-state index in [1.807, 2.05) is 73.7 Å². The van der Waals surface area contributed by atoms with E-state index in [4.69, 9.17) is 9.98 Å². The molecule has 0 spiro atoms. The Hall–Kier alpha value is -4.55. The van der Waals surface area contributed by atoms with Gasteiger partial charge in [0.05, 0.1) is 21.5 Å². The second-order valence-corrected chi connectivity index (χ2v) is 10.5. The minimum absolute atomic E-state index is 0.142. The Morgan fingerprint density at radius 2 is 1.44 bits per heavy atom. The van der Waals surface area contributed by atoms with Crippen molar-refractivity contribution in [3.05, 3.63) is 142 Å². The summed E-state index contributed by atoms with van der Waals surface area (Å²) in [7, 11) is 0. The molecule has 6 aromatic rings. The molecule has 0 aliphatic carbocycles. The maximum atomic E-state index is 13.8. The molecule has 5 nitrogen and oxygen atoms in total. The van der Waals surface area contributed by atoms with Crippen LogP contribution in [0.2, 0.25) is 0 Å². The molecule has 192 valence electrons. The van der Waals surface area contributed by atoms with Crippen LogP contribution < -0.4 is 5.56 Å². The zero-order valence-electron chi connectivity index (χ0n) is 21.6. The molecule has 0 aliphatic heterocycles. The Bertz CT molecular complexity index is 1710. The summed E-state index contributed by atoms with van der Waals surface area (Å²) < 4.78 is 2.59. The standard InChI is InChI=1S/C33H28N4OS/c1-23(34-22-21-27(24-13-5-2-6-14-24)25-15-7-3-8-16-25)30-31(26-17-9-4-10-18-26)36-37(32(30)38)33-35-28-19-11-12-20-29(28)39-33/h2-20,27,36H,21-22H2,1H3. The molecule has 0 atom stereocenters. The van der Waals surface area contributed by atoms with Gasteiger partial charge in [-0.25, -0.2) is 4.98 Å². The number of benzene rings is 4. The van der Waals surface area contributed by atoms with Gasteiger partial charge in [0.15, 0.2) is 0 Å². The van der Waals surface area contributed by atoms with Gasteiger partial charge >= 0.3 is 0 Å². The number of aromatic amines is 1. The maximum Gasteiger partial charge on any atom is 0.283 e. The highest BCUT2D eigenvalue weighted by Gasteiger charge is 2.21. The molecule has 2 heterocycles. The van der Waals surface area contributed by atoms with Crippen LogP contribution in [0.15, 0.2) is 125 Å². The van der Waals surface area contributed by atoms with Crippen LogP contribution in [-0.4, -0.2) is 27.0 Å². The Labute approximate surface area is 231 Å². The fourth-order valence-corrected chi connectivity index (χ4v) is 5.94. The van der Waals surface area contributed by atoms with Crippen LogP contribution in [0.4, 0.5) is 0 Å². The molecule has 39 heavy (non-hydrogen) atoms. The minimum Gasteiger partial charge on any atom is -0.289 e. The van der Waals surface area contributed by atoms with E-state index in [-0.39, 0.29) is 11.5 Å². The Balaban J connectivity index is 1.36. The zero-order chi connectivity index (χ0) is 26.6. The number of aliphatic imine (C=N–C) groups is 1. The Kier molecular flexibility index (Phi) is 7.02. The van der Waals surface area contributed by atoms with Gasteiger partial charge in [-0.1, -0.05) is 114 Å². The Morgan fingerprint density at radius 3 is 2.08 bits per heavy atom. The smallest absolute Gasteiger partial charge is 0.283 e. The van der Waals surface area contributed by atoms with Gasteiger partial charge in [0, 0.05) is 23.7 Å². The van der Waals surface area contributed by atoms with Crippen LogP contribution in [-0.2, 0) is 0 Å². The van der Waals surface area contributed by atoms with Crippen LogP contribution in [0, 0.1) is 0 Å². The van der Waals surface area contributed by atoms with Gasteiger partial charge in [0.1, 0.15) is 0 Å². The number of aromatic nitrogens is 3. The highest BCUT2D eigenvalue weighted by molar-refractivity contribution is 7.20. The molecule has 6 rings (SSSR count). The first-order valence-electron chi connectivity index (χ1n) is 13.1. The van der Waals surface area contributed by atoms with Gasteiger partial charge in [-0.2, -0.15) is 4.68 Å². The summed E-state index contributed by atoms with van der Waals surface area (Å²) in [4.78, 5) is 23.5. The third-order valence-electron chi connectivity index (χ3n) is 6.96. The highest BCUT2D eigenvalue weighted by atomic mass is 32.1. The molecule has 0 saturated carbocycles. The summed E-state index contributed by atoms with van der Waals surface area (Å²) in [5.74, 6) is 0.225. The molecule has 0 saturated heterocycles. The number of para-hydroxylation sites is 1. The number of nitrogens with zero attached hydrogens (tertiary/aromatic N) is 3. The first kappa shape index (κ1) is 24.8. The van der Waals surface area contributed by atoms with Crippen molar-refractivity contribution in [1.29, 1.82) is 0 Å². The molecule has 0 amide bonds. The van der Waals surface area contributed by atoms with E-state index in [0.29, 0.717) is 17.2 Å². The summed E-state index contributed by atoms with van der Waals surface area (Å²) in [6, 6.07) is 38.9. The monoisotopic (exact) mass is 528 g/mol. The van der Waals surface area contributed by atoms with Crippen molar-refractivity contribution in [3.8, 4) is 16.4 Å². The minimum atomic E-state index is -0.142. The van der Waals surface area contributed by atoms with E-state index in [1.165, 1.54) is 22.5 Å². The van der Waals surface area contributed by atoms with Crippen molar-refractivity contribution < 1.29 is 0 Å². The zero-order valence-corrected chi connectivity index (χ0v) is 22.4.